The minimum Gasteiger partial charge on any atom is -0.445 e. The van der Waals surface area contributed by atoms with E-state index in [2.05, 4.69) is 32.5 Å². The maximum absolute atomic E-state index is 13.9. The van der Waals surface area contributed by atoms with Gasteiger partial charge in [-0.3, -0.25) is 15.5 Å². The molecule has 3 N–H and O–H groups in total. The molecule has 14 heteroatoms. The molecule has 1 fully saturated rings. The number of carbonyl (C=O) groups excluding carboxylic acids is 2. The third kappa shape index (κ3) is 8.16. The number of rotatable bonds is 8. The number of nitrogens with one attached hydrogen (secondary N) is 3. The molecule has 1 saturated heterocycles. The van der Waals surface area contributed by atoms with Crippen LogP contribution >= 0.6 is 34.8 Å². The number of fused-ring (bicyclic) bond motifs is 2. The number of aromatic nitrogens is 3. The summed E-state index contributed by atoms with van der Waals surface area (Å²) < 4.78 is 11.1. The van der Waals surface area contributed by atoms with Gasteiger partial charge in [0.25, 0.3) is 5.91 Å². The minimum atomic E-state index is -1.79. The van der Waals surface area contributed by atoms with Crippen LogP contribution in [0.3, 0.4) is 0 Å². The number of benzene rings is 3. The summed E-state index contributed by atoms with van der Waals surface area (Å²) in [5.41, 5.74) is 2.42. The molecule has 0 unspecified atom stereocenters. The van der Waals surface area contributed by atoms with Crippen LogP contribution in [-0.4, -0.2) is 73.8 Å². The predicted molar refractivity (Wildman–Crippen MR) is 187 cm³/mol. The third-order valence-electron chi connectivity index (χ3n) is 8.07. The summed E-state index contributed by atoms with van der Waals surface area (Å²) in [6.07, 6.45) is 3.99. The molecule has 0 saturated carbocycles. The number of carbonyl (C=O) groups is 2. The first-order chi connectivity index (χ1) is 23.0. The molecule has 5 aromatic rings. The van der Waals surface area contributed by atoms with E-state index in [0.717, 1.165) is 47.7 Å². The molecule has 3 aromatic carbocycles. The Balaban J connectivity index is 1.38. The van der Waals surface area contributed by atoms with Gasteiger partial charge in [0.15, 0.2) is 0 Å². The van der Waals surface area contributed by atoms with E-state index in [-0.39, 0.29) is 23.8 Å². The number of nitrogens with zero attached hydrogens (tertiary/aromatic N) is 4. The number of likely N-dealkylation sites (tertiary alicyclic amines) is 1. The van der Waals surface area contributed by atoms with Crippen molar-refractivity contribution >= 4 is 74.3 Å². The number of halogens is 3. The van der Waals surface area contributed by atoms with Gasteiger partial charge in [0, 0.05) is 41.4 Å². The van der Waals surface area contributed by atoms with Crippen LogP contribution in [0.1, 0.15) is 34.5 Å². The van der Waals surface area contributed by atoms with Crippen molar-refractivity contribution in [2.24, 2.45) is 0 Å². The van der Waals surface area contributed by atoms with Crippen LogP contribution in [0.5, 0.6) is 11.8 Å². The maximum Gasteiger partial charge on any atom is 0.412 e. The lowest BCUT2D eigenvalue weighted by Gasteiger charge is -2.29. The zero-order valence-electron chi connectivity index (χ0n) is 25.9. The SMILES string of the molecule is CN1CCC(NC(=O)c2cc3ccc(C(=N)NC(=O)OCC(Cl)(Cl)Cl)cc3n2Cc2cc(Oc3ncccn3)cc3ccccc23)CC1. The molecule has 1 aliphatic rings. The highest BCUT2D eigenvalue weighted by Gasteiger charge is 2.25. The van der Waals surface area contributed by atoms with Crippen LogP contribution in [0.25, 0.3) is 21.7 Å². The highest BCUT2D eigenvalue weighted by atomic mass is 35.6. The number of ether oxygens (including phenoxy) is 2. The van der Waals surface area contributed by atoms with Crippen LogP contribution in [0.4, 0.5) is 4.79 Å². The Labute approximate surface area is 291 Å². The molecule has 0 aliphatic carbocycles. The van der Waals surface area contributed by atoms with Gasteiger partial charge in [-0.05, 0) is 79.6 Å². The first-order valence-corrected chi connectivity index (χ1v) is 16.3. The molecule has 48 heavy (non-hydrogen) atoms. The molecule has 0 radical (unpaired) electrons. The van der Waals surface area contributed by atoms with Crippen LogP contribution in [0, 0.1) is 5.41 Å². The summed E-state index contributed by atoms with van der Waals surface area (Å²) in [4.78, 5) is 36.9. The first-order valence-electron chi connectivity index (χ1n) is 15.2. The summed E-state index contributed by atoms with van der Waals surface area (Å²) in [5.74, 6) is 0.129. The number of amidine groups is 1. The second kappa shape index (κ2) is 14.4. The van der Waals surface area contributed by atoms with Gasteiger partial charge >= 0.3 is 12.1 Å². The summed E-state index contributed by atoms with van der Waals surface area (Å²) in [6, 6.07) is 20.8. The largest absolute Gasteiger partial charge is 0.445 e. The van der Waals surface area contributed by atoms with Crippen molar-refractivity contribution in [3.05, 3.63) is 95.9 Å². The van der Waals surface area contributed by atoms with Gasteiger partial charge in [0.1, 0.15) is 23.9 Å². The second-order valence-corrected chi connectivity index (χ2v) is 14.1. The van der Waals surface area contributed by atoms with Crippen LogP contribution in [0.2, 0.25) is 0 Å². The number of amides is 2. The van der Waals surface area contributed by atoms with E-state index in [1.807, 2.05) is 47.0 Å². The van der Waals surface area contributed by atoms with Gasteiger partial charge in [-0.1, -0.05) is 71.2 Å². The van der Waals surface area contributed by atoms with E-state index in [4.69, 9.17) is 49.7 Å². The fourth-order valence-electron chi connectivity index (χ4n) is 5.70. The molecule has 1 aliphatic heterocycles. The normalized spacial score (nSPS) is 14.2. The summed E-state index contributed by atoms with van der Waals surface area (Å²) in [6.45, 7) is 1.62. The maximum atomic E-state index is 13.9. The summed E-state index contributed by atoms with van der Waals surface area (Å²) >= 11 is 17.0. The molecule has 248 valence electrons. The first kappa shape index (κ1) is 33.5. The van der Waals surface area contributed by atoms with Crippen molar-refractivity contribution in [1.29, 1.82) is 5.41 Å². The van der Waals surface area contributed by atoms with Crippen molar-refractivity contribution in [3.63, 3.8) is 0 Å². The quantitative estimate of drug-likeness (QED) is 0.0931. The van der Waals surface area contributed by atoms with Crippen molar-refractivity contribution < 1.29 is 19.1 Å². The van der Waals surface area contributed by atoms with E-state index < -0.39 is 16.5 Å². The molecule has 0 atom stereocenters. The molecular weight excluding hydrogens is 677 g/mol. The van der Waals surface area contributed by atoms with Gasteiger partial charge in [-0.25, -0.2) is 14.8 Å². The van der Waals surface area contributed by atoms with Crippen molar-refractivity contribution in [2.75, 3.05) is 26.7 Å². The standard InChI is InChI=1S/C34H32Cl3N7O4/c1-43-13-9-25(10-14-43)41-31(45)29-17-22-7-8-23(30(38)42-33(46)47-20-34(35,36)37)18-28(22)44(29)19-24-16-26(48-32-39-11-4-12-40-32)15-21-5-2-3-6-27(21)24/h2-8,11-12,15-18,25H,9-10,13-14,19-20H2,1H3,(H,41,45)(H2,38,42,46). The zero-order chi connectivity index (χ0) is 33.8. The van der Waals surface area contributed by atoms with E-state index in [1.54, 1.807) is 36.7 Å². The van der Waals surface area contributed by atoms with Gasteiger partial charge < -0.3 is 24.3 Å². The smallest absolute Gasteiger partial charge is 0.412 e. The molecule has 3 heterocycles. The van der Waals surface area contributed by atoms with Crippen LogP contribution in [-0.2, 0) is 11.3 Å². The Morgan fingerprint density at radius 2 is 1.73 bits per heavy atom. The van der Waals surface area contributed by atoms with Crippen LogP contribution in [0.15, 0.2) is 79.1 Å². The van der Waals surface area contributed by atoms with E-state index >= 15 is 0 Å². The Morgan fingerprint density at radius 1 is 0.979 bits per heavy atom. The van der Waals surface area contributed by atoms with Crippen molar-refractivity contribution in [1.82, 2.24) is 30.1 Å². The summed E-state index contributed by atoms with van der Waals surface area (Å²) in [7, 11) is 2.08. The van der Waals surface area contributed by atoms with Crippen LogP contribution < -0.4 is 15.4 Å². The Hall–Kier alpha value is -4.42. The predicted octanol–water partition coefficient (Wildman–Crippen LogP) is 6.67. The van der Waals surface area contributed by atoms with Crippen molar-refractivity contribution in [2.45, 2.75) is 29.2 Å². The molecule has 0 bridgehead atoms. The molecule has 11 nitrogen and oxygen atoms in total. The lowest BCUT2D eigenvalue weighted by Crippen LogP contribution is -2.43. The molecule has 6 rings (SSSR count). The number of hydrogen-bond donors (Lipinski definition) is 3. The Morgan fingerprint density at radius 3 is 2.48 bits per heavy atom. The van der Waals surface area contributed by atoms with E-state index in [0.29, 0.717) is 29.1 Å². The van der Waals surface area contributed by atoms with Gasteiger partial charge in [-0.2, -0.15) is 0 Å². The van der Waals surface area contributed by atoms with E-state index in [1.165, 1.54) is 0 Å². The fourth-order valence-corrected chi connectivity index (χ4v) is 5.87. The average molecular weight is 709 g/mol. The number of hydrogen-bond acceptors (Lipinski definition) is 8. The molecule has 2 amide bonds. The highest BCUT2D eigenvalue weighted by Crippen LogP contribution is 2.31. The molecular formula is C34H32Cl3N7O4. The Kier molecular flexibility index (Phi) is 10.0. The topological polar surface area (TPSA) is 134 Å². The Bertz CT molecular complexity index is 1970. The monoisotopic (exact) mass is 707 g/mol. The second-order valence-electron chi connectivity index (χ2n) is 11.6. The zero-order valence-corrected chi connectivity index (χ0v) is 28.1. The minimum absolute atomic E-state index is 0.0512. The van der Waals surface area contributed by atoms with Gasteiger partial charge in [0.2, 0.25) is 3.79 Å². The lowest BCUT2D eigenvalue weighted by molar-refractivity contribution is 0.0908. The highest BCUT2D eigenvalue weighted by molar-refractivity contribution is 6.67. The molecule has 0 spiro atoms. The number of piperidine rings is 1. The van der Waals surface area contributed by atoms with Gasteiger partial charge in [0.05, 0.1) is 0 Å². The average Bonchev–Trinajstić information content (AvgIpc) is 3.42. The third-order valence-corrected chi connectivity index (χ3v) is 8.40. The lowest BCUT2D eigenvalue weighted by atomic mass is 10.0. The molecule has 2 aromatic heterocycles. The fraction of sp³-hybridized carbons (Fsp3) is 0.265. The number of alkyl carbamates (subject to hydrolysis) is 1. The summed E-state index contributed by atoms with van der Waals surface area (Å²) in [5, 5.41) is 16.9. The van der Waals surface area contributed by atoms with E-state index in [9.17, 15) is 9.59 Å². The van der Waals surface area contributed by atoms with Gasteiger partial charge in [-0.15, -0.1) is 0 Å². The number of alkyl halides is 3. The van der Waals surface area contributed by atoms with Crippen molar-refractivity contribution in [3.8, 4) is 11.8 Å².